The fraction of sp³-hybridized carbons (Fsp3) is 0. The quantitative estimate of drug-likeness (QED) is 0.586. The van der Waals surface area contributed by atoms with Crippen LogP contribution < -0.4 is 0 Å². The molecule has 0 radical (unpaired) electrons. The van der Waals surface area contributed by atoms with Crippen LogP contribution in [0.4, 0.5) is 0 Å². The summed E-state index contributed by atoms with van der Waals surface area (Å²) in [4.78, 5) is 0. The topological polar surface area (TPSA) is 0 Å². The lowest BCUT2D eigenvalue weighted by Crippen LogP contribution is -1.90. The second kappa shape index (κ2) is 4.87. The van der Waals surface area contributed by atoms with Crippen molar-refractivity contribution in [1.82, 2.24) is 0 Å². The van der Waals surface area contributed by atoms with Crippen LogP contribution in [0.1, 0.15) is 0 Å². The minimum absolute atomic E-state index is 0.519. The highest BCUT2D eigenvalue weighted by atomic mass is 35.5. The molecule has 0 spiro atoms. The van der Waals surface area contributed by atoms with Gasteiger partial charge in [0.2, 0.25) is 0 Å². The second-order valence-electron chi connectivity index (χ2n) is 1.05. The molecule has 0 N–H and O–H groups in total. The summed E-state index contributed by atoms with van der Waals surface area (Å²) in [5, 5.41) is 0. The summed E-state index contributed by atoms with van der Waals surface area (Å²) in [5.74, 6) is 3.02. The van der Waals surface area contributed by atoms with Gasteiger partial charge >= 0.3 is 11.1 Å². The van der Waals surface area contributed by atoms with E-state index in [0.717, 1.165) is 0 Å². The number of hydrogen-bond donors (Lipinski definition) is 0. The molecular weight excluding hydrogens is 187 g/mol. The van der Waals surface area contributed by atoms with Crippen molar-refractivity contribution in [2.75, 3.05) is 0 Å². The van der Waals surface area contributed by atoms with Crippen LogP contribution in [0.2, 0.25) is 0 Å². The van der Waals surface area contributed by atoms with E-state index in [1.807, 2.05) is 0 Å². The van der Waals surface area contributed by atoms with E-state index in [1.165, 1.54) is 12.0 Å². The minimum Gasteiger partial charge on any atom is -0.165 e. The third kappa shape index (κ3) is 7.03. The van der Waals surface area contributed by atoms with Crippen molar-refractivity contribution in [3.8, 4) is 0 Å². The first-order chi connectivity index (χ1) is 3.63. The van der Waals surface area contributed by atoms with Gasteiger partial charge in [0.05, 0.1) is 0 Å². The van der Waals surface area contributed by atoms with Gasteiger partial charge in [0.1, 0.15) is 0 Å². The number of halogens is 4. The van der Waals surface area contributed by atoms with Crippen LogP contribution in [0.15, 0.2) is 12.0 Å². The highest BCUT2D eigenvalue weighted by molar-refractivity contribution is 7.38. The highest BCUT2D eigenvalue weighted by Crippen LogP contribution is 2.01. The smallest absolute Gasteiger partial charge is 0.165 e. The summed E-state index contributed by atoms with van der Waals surface area (Å²) in [6, 6.07) is 0. The van der Waals surface area contributed by atoms with E-state index in [4.69, 9.17) is 45.8 Å². The predicted octanol–water partition coefficient (Wildman–Crippen LogP) is 2.55. The summed E-state index contributed by atoms with van der Waals surface area (Å²) >= 11 is 21.1. The molecule has 0 aliphatic rings. The molecule has 8 heavy (non-hydrogen) atoms. The van der Waals surface area contributed by atoms with Gasteiger partial charge in [0.25, 0.3) is 0 Å². The maximum atomic E-state index is 5.28. The summed E-state index contributed by atoms with van der Waals surface area (Å²) in [7, 11) is 0. The predicted molar refractivity (Wildman–Crippen MR) is 44.1 cm³/mol. The lowest BCUT2D eigenvalue weighted by atomic mass is 9.98. The Kier molecular flexibility index (Phi) is 5.49. The van der Waals surface area contributed by atoms with Gasteiger partial charge < -0.3 is 0 Å². The van der Waals surface area contributed by atoms with Gasteiger partial charge in [-0.3, -0.25) is 0 Å². The fourth-order valence-electron chi connectivity index (χ4n) is 0.168. The average molecular weight is 189 g/mol. The zero-order valence-corrected chi connectivity index (χ0v) is 6.84. The van der Waals surface area contributed by atoms with Crippen LogP contribution in [0, 0.1) is 0 Å². The summed E-state index contributed by atoms with van der Waals surface area (Å²) in [5.41, 5.74) is -1.04. The molecule has 0 rings (SSSR count). The van der Waals surface area contributed by atoms with Crippen molar-refractivity contribution in [1.29, 1.82) is 0 Å². The maximum absolute atomic E-state index is 5.28. The maximum Gasteiger partial charge on any atom is 0.374 e. The molecule has 0 aliphatic heterocycles. The Morgan fingerprint density at radius 3 is 1.12 bits per heavy atom. The summed E-state index contributed by atoms with van der Waals surface area (Å²) < 4.78 is 0. The Morgan fingerprint density at radius 2 is 1.00 bits per heavy atom. The average Bonchev–Trinajstić information content (AvgIpc) is 1.61. The first-order valence-corrected chi connectivity index (χ1v) is 3.62. The number of rotatable bonds is 2. The molecule has 0 saturated carbocycles. The Hall–Kier alpha value is 1.03. The molecule has 0 unspecified atom stereocenters. The van der Waals surface area contributed by atoms with Gasteiger partial charge in [-0.1, -0.05) is 12.0 Å². The van der Waals surface area contributed by atoms with Crippen molar-refractivity contribution >= 4 is 56.9 Å². The van der Waals surface area contributed by atoms with Crippen LogP contribution in [-0.2, 0) is 0 Å². The molecule has 0 saturated heterocycles. The van der Waals surface area contributed by atoms with E-state index in [-0.39, 0.29) is 0 Å². The van der Waals surface area contributed by atoms with Gasteiger partial charge in [0, 0.05) is 0 Å². The van der Waals surface area contributed by atoms with Gasteiger partial charge in [-0.15, -0.1) is 0 Å². The van der Waals surface area contributed by atoms with Crippen molar-refractivity contribution in [2.24, 2.45) is 0 Å². The molecule has 0 fully saturated rings. The normalized spacial score (nSPS) is 10.0. The summed E-state index contributed by atoms with van der Waals surface area (Å²) in [6.07, 6.45) is 0. The monoisotopic (exact) mass is 188 g/mol. The molecule has 0 aliphatic carbocycles. The summed E-state index contributed by atoms with van der Waals surface area (Å²) in [6.45, 7) is 0. The second-order valence-corrected chi connectivity index (χ2v) is 3.38. The Balaban J connectivity index is 3.34. The minimum atomic E-state index is -0.519. The van der Waals surface area contributed by atoms with Crippen molar-refractivity contribution in [2.45, 2.75) is 0 Å². The Labute approximate surface area is 68.9 Å². The zero-order valence-electron chi connectivity index (χ0n) is 3.82. The first-order valence-electron chi connectivity index (χ1n) is 1.87. The van der Waals surface area contributed by atoms with Crippen LogP contribution in [0.3, 0.4) is 0 Å². The molecule has 0 amide bonds. The molecule has 0 bridgehead atoms. The molecule has 0 heterocycles. The molecule has 0 aromatic carbocycles. The van der Waals surface area contributed by atoms with E-state index >= 15 is 0 Å². The van der Waals surface area contributed by atoms with E-state index in [1.54, 1.807) is 0 Å². The molecule has 6 heteroatoms. The molecule has 0 nitrogen and oxygen atoms in total. The largest absolute Gasteiger partial charge is 0.374 e. The Morgan fingerprint density at radius 1 is 0.750 bits per heavy atom. The lowest BCUT2D eigenvalue weighted by Gasteiger charge is -1.82. The standard InChI is InChI=1S/C2H2B2Cl4/c5-3(6)1-2-4(7)8/h1-2H. The molecule has 0 aromatic rings. The molecule has 0 atom stereocenters. The molecular formula is C2H2B2Cl4. The van der Waals surface area contributed by atoms with Crippen molar-refractivity contribution in [3.63, 3.8) is 0 Å². The van der Waals surface area contributed by atoms with Crippen LogP contribution in [-0.4, -0.2) is 11.1 Å². The third-order valence-corrected chi connectivity index (χ3v) is 0.984. The van der Waals surface area contributed by atoms with Gasteiger partial charge in [-0.2, -0.15) is 45.8 Å². The van der Waals surface area contributed by atoms with Crippen LogP contribution in [0.25, 0.3) is 0 Å². The van der Waals surface area contributed by atoms with Crippen molar-refractivity contribution < 1.29 is 0 Å². The molecule has 0 aromatic heterocycles. The van der Waals surface area contributed by atoms with Crippen LogP contribution >= 0.6 is 45.8 Å². The third-order valence-electron chi connectivity index (χ3n) is 0.402. The SMILES string of the molecule is ClB(Cl)C=CB(Cl)Cl. The Bertz CT molecular complexity index is 70.1. The van der Waals surface area contributed by atoms with Crippen LogP contribution in [0.5, 0.6) is 0 Å². The van der Waals surface area contributed by atoms with E-state index < -0.39 is 11.1 Å². The lowest BCUT2D eigenvalue weighted by molar-refractivity contribution is 2.44. The first kappa shape index (κ1) is 9.03. The highest BCUT2D eigenvalue weighted by Gasteiger charge is 2.01. The zero-order chi connectivity index (χ0) is 6.57. The van der Waals surface area contributed by atoms with E-state index in [9.17, 15) is 0 Å². The van der Waals surface area contributed by atoms with E-state index in [2.05, 4.69) is 0 Å². The fourth-order valence-corrected chi connectivity index (χ4v) is 0.504. The molecule has 44 valence electrons. The van der Waals surface area contributed by atoms with Gasteiger partial charge in [0.15, 0.2) is 0 Å². The van der Waals surface area contributed by atoms with Crippen molar-refractivity contribution in [3.05, 3.63) is 12.0 Å². The van der Waals surface area contributed by atoms with Gasteiger partial charge in [-0.25, -0.2) is 0 Å². The van der Waals surface area contributed by atoms with E-state index in [0.29, 0.717) is 0 Å². The number of hydrogen-bond acceptors (Lipinski definition) is 0. The van der Waals surface area contributed by atoms with Gasteiger partial charge in [-0.05, 0) is 0 Å².